The van der Waals surface area contributed by atoms with Gasteiger partial charge in [0.15, 0.2) is 6.19 Å². The summed E-state index contributed by atoms with van der Waals surface area (Å²) in [6.07, 6.45) is 6.36. The minimum atomic E-state index is 0.377. The second-order valence-corrected chi connectivity index (χ2v) is 6.19. The lowest BCUT2D eigenvalue weighted by Crippen LogP contribution is -2.65. The number of hydrogen-bond donors (Lipinski definition) is 0. The molecule has 3 atom stereocenters. The highest BCUT2D eigenvalue weighted by Gasteiger charge is 2.47. The average molecular weight is 289 g/mol. The smallest absolute Gasteiger partial charge is 0.179 e. The molecule has 2 bridgehead atoms. The number of likely N-dealkylation sites (N-methyl/N-ethyl adjacent to an activating group) is 1. The van der Waals surface area contributed by atoms with E-state index in [9.17, 15) is 0 Å². The van der Waals surface area contributed by atoms with Crippen molar-refractivity contribution < 1.29 is 0 Å². The number of piperazine rings is 1. The van der Waals surface area contributed by atoms with E-state index in [0.717, 1.165) is 32.5 Å². The van der Waals surface area contributed by atoms with Crippen LogP contribution < -0.4 is 0 Å². The maximum atomic E-state index is 9.07. The zero-order chi connectivity index (χ0) is 15.4. The first-order chi connectivity index (χ1) is 10.2. The molecule has 0 aromatic carbocycles. The van der Waals surface area contributed by atoms with Gasteiger partial charge in [-0.1, -0.05) is 13.8 Å². The lowest BCUT2D eigenvalue weighted by atomic mass is 9.76. The highest BCUT2D eigenvalue weighted by atomic mass is 15.3. The summed E-state index contributed by atoms with van der Waals surface area (Å²) >= 11 is 0. The van der Waals surface area contributed by atoms with Crippen LogP contribution in [0.25, 0.3) is 0 Å². The van der Waals surface area contributed by atoms with Crippen molar-refractivity contribution in [2.45, 2.75) is 63.7 Å². The van der Waals surface area contributed by atoms with Gasteiger partial charge < -0.3 is 9.80 Å². The van der Waals surface area contributed by atoms with Crippen LogP contribution in [0.4, 0.5) is 0 Å². The highest BCUT2D eigenvalue weighted by molar-refractivity contribution is 5.08. The summed E-state index contributed by atoms with van der Waals surface area (Å²) in [7, 11) is 2.14. The van der Waals surface area contributed by atoms with Crippen molar-refractivity contribution in [1.29, 1.82) is 10.5 Å². The summed E-state index contributed by atoms with van der Waals surface area (Å²) in [5.41, 5.74) is 0. The molecule has 0 aromatic rings. The second kappa shape index (κ2) is 7.11. The molecule has 0 amide bonds. The molecule has 0 spiro atoms. The summed E-state index contributed by atoms with van der Waals surface area (Å²) in [5.74, 6) is 0. The second-order valence-electron chi connectivity index (χ2n) is 6.19. The van der Waals surface area contributed by atoms with Gasteiger partial charge in [0.05, 0.1) is 12.5 Å². The highest BCUT2D eigenvalue weighted by Crippen LogP contribution is 2.40. The van der Waals surface area contributed by atoms with Crippen LogP contribution in [0.15, 0.2) is 0 Å². The van der Waals surface area contributed by atoms with Gasteiger partial charge in [0.2, 0.25) is 0 Å². The Bertz CT molecular complexity index is 411. The molecule has 5 heteroatoms. The summed E-state index contributed by atoms with van der Waals surface area (Å²) in [6.45, 7) is 7.16. The first kappa shape index (κ1) is 16.1. The standard InChI is InChI=1S/C14H21N5.C2H6/c1-17-4-5-18(11(9-17)2-3-15)12-6-13-8-14(7-12)19(13)10-16;1-2/h11-14H,2,4-9H2,1H3;1-2H3. The van der Waals surface area contributed by atoms with Crippen LogP contribution in [-0.2, 0) is 0 Å². The van der Waals surface area contributed by atoms with Gasteiger partial charge in [-0.25, -0.2) is 0 Å². The maximum absolute atomic E-state index is 9.07. The van der Waals surface area contributed by atoms with E-state index in [-0.39, 0.29) is 0 Å². The first-order valence-electron chi connectivity index (χ1n) is 8.22. The molecule has 3 saturated heterocycles. The molecular weight excluding hydrogens is 262 g/mol. The van der Waals surface area contributed by atoms with E-state index in [0.29, 0.717) is 30.6 Å². The summed E-state index contributed by atoms with van der Waals surface area (Å²) < 4.78 is 0. The Balaban J connectivity index is 0.000000774. The van der Waals surface area contributed by atoms with Gasteiger partial charge in [0, 0.05) is 43.8 Å². The molecular formula is C16H27N5. The predicted molar refractivity (Wildman–Crippen MR) is 82.2 cm³/mol. The topological polar surface area (TPSA) is 57.3 Å². The fourth-order valence-corrected chi connectivity index (χ4v) is 4.07. The molecule has 0 aromatic heterocycles. The van der Waals surface area contributed by atoms with E-state index in [1.54, 1.807) is 0 Å². The SMILES string of the molecule is CC.CN1CCN(C2CC3CC(C2)N3C#N)C(CC#N)C1. The van der Waals surface area contributed by atoms with E-state index in [2.05, 4.69) is 29.1 Å². The van der Waals surface area contributed by atoms with Gasteiger partial charge in [-0.3, -0.25) is 4.90 Å². The van der Waals surface area contributed by atoms with Crippen LogP contribution in [0, 0.1) is 22.8 Å². The Hall–Kier alpha value is -1.30. The molecule has 1 aliphatic carbocycles. The zero-order valence-electron chi connectivity index (χ0n) is 13.5. The van der Waals surface area contributed by atoms with Crippen LogP contribution in [0.5, 0.6) is 0 Å². The molecule has 3 unspecified atom stereocenters. The largest absolute Gasteiger partial charge is 0.304 e. The van der Waals surface area contributed by atoms with Crippen molar-refractivity contribution in [3.05, 3.63) is 0 Å². The molecule has 21 heavy (non-hydrogen) atoms. The molecule has 5 nitrogen and oxygen atoms in total. The van der Waals surface area contributed by atoms with E-state index in [4.69, 9.17) is 10.5 Å². The van der Waals surface area contributed by atoms with Crippen LogP contribution in [0.1, 0.15) is 39.5 Å². The Kier molecular flexibility index (Phi) is 5.45. The van der Waals surface area contributed by atoms with Crippen molar-refractivity contribution in [3.8, 4) is 12.3 Å². The van der Waals surface area contributed by atoms with Gasteiger partial charge in [-0.05, 0) is 26.3 Å². The minimum absolute atomic E-state index is 0.377. The average Bonchev–Trinajstić information content (AvgIpc) is 2.50. The fourth-order valence-electron chi connectivity index (χ4n) is 4.07. The normalized spacial score (nSPS) is 35.8. The molecule has 1 saturated carbocycles. The molecule has 4 aliphatic rings. The third-order valence-corrected chi connectivity index (χ3v) is 5.06. The zero-order valence-corrected chi connectivity index (χ0v) is 13.5. The Morgan fingerprint density at radius 2 is 1.62 bits per heavy atom. The third-order valence-electron chi connectivity index (χ3n) is 5.06. The number of piperidine rings is 1. The number of fused-ring (bicyclic) bond motifs is 2. The van der Waals surface area contributed by atoms with Crippen LogP contribution in [0.3, 0.4) is 0 Å². The third kappa shape index (κ3) is 3.15. The van der Waals surface area contributed by atoms with E-state index >= 15 is 0 Å². The van der Waals surface area contributed by atoms with Gasteiger partial charge >= 0.3 is 0 Å². The Morgan fingerprint density at radius 1 is 1.00 bits per heavy atom. The molecule has 4 rings (SSSR count). The maximum Gasteiger partial charge on any atom is 0.179 e. The monoisotopic (exact) mass is 289 g/mol. The lowest BCUT2D eigenvalue weighted by Gasteiger charge is -2.56. The molecule has 0 radical (unpaired) electrons. The number of nitrogens with zero attached hydrogens (tertiary/aromatic N) is 5. The number of nitriles is 2. The van der Waals surface area contributed by atoms with Crippen LogP contribution in [0.2, 0.25) is 0 Å². The Morgan fingerprint density at radius 3 is 2.19 bits per heavy atom. The van der Waals surface area contributed by atoms with Crippen molar-refractivity contribution in [1.82, 2.24) is 14.7 Å². The summed E-state index contributed by atoms with van der Waals surface area (Å²) in [5, 5.41) is 18.1. The quantitative estimate of drug-likeness (QED) is 0.723. The molecule has 3 aliphatic heterocycles. The molecule has 116 valence electrons. The van der Waals surface area contributed by atoms with Crippen molar-refractivity contribution in [2.75, 3.05) is 26.7 Å². The van der Waals surface area contributed by atoms with Gasteiger partial charge in [0.25, 0.3) is 0 Å². The van der Waals surface area contributed by atoms with Crippen LogP contribution in [-0.4, -0.2) is 65.5 Å². The van der Waals surface area contributed by atoms with Crippen molar-refractivity contribution in [2.24, 2.45) is 0 Å². The number of rotatable bonds is 2. The van der Waals surface area contributed by atoms with Crippen molar-refractivity contribution in [3.63, 3.8) is 0 Å². The molecule has 3 heterocycles. The first-order valence-corrected chi connectivity index (χ1v) is 8.22. The van der Waals surface area contributed by atoms with Crippen LogP contribution >= 0.6 is 0 Å². The van der Waals surface area contributed by atoms with Gasteiger partial charge in [-0.15, -0.1) is 0 Å². The van der Waals surface area contributed by atoms with E-state index in [1.807, 2.05) is 18.7 Å². The Labute approximate surface area is 128 Å². The number of hydrogen-bond acceptors (Lipinski definition) is 5. The lowest BCUT2D eigenvalue weighted by molar-refractivity contribution is -0.0520. The van der Waals surface area contributed by atoms with E-state index in [1.165, 1.54) is 6.42 Å². The fraction of sp³-hybridized carbons (Fsp3) is 0.875. The van der Waals surface area contributed by atoms with Gasteiger partial charge in [-0.2, -0.15) is 10.5 Å². The predicted octanol–water partition coefficient (Wildman–Crippen LogP) is 1.63. The summed E-state index contributed by atoms with van der Waals surface area (Å²) in [6, 6.07) is 4.24. The minimum Gasteiger partial charge on any atom is -0.304 e. The van der Waals surface area contributed by atoms with E-state index < -0.39 is 0 Å². The summed E-state index contributed by atoms with van der Waals surface area (Å²) in [4.78, 5) is 6.85. The van der Waals surface area contributed by atoms with Gasteiger partial charge in [0.1, 0.15) is 0 Å². The molecule has 4 fully saturated rings. The van der Waals surface area contributed by atoms with Crippen molar-refractivity contribution >= 4 is 0 Å². The molecule has 0 N–H and O–H groups in total.